The first kappa shape index (κ1) is 7.44. The van der Waals surface area contributed by atoms with E-state index in [0.717, 1.165) is 5.39 Å². The van der Waals surface area contributed by atoms with E-state index in [9.17, 15) is 4.79 Å². The molecular weight excluding hydrogens is 180 g/mol. The SMILES string of the molecule is O=C1OCc2nc3ncccc3cc21. The summed E-state index contributed by atoms with van der Waals surface area (Å²) in [6, 6.07) is 5.47. The summed E-state index contributed by atoms with van der Waals surface area (Å²) < 4.78 is 4.87. The van der Waals surface area contributed by atoms with Crippen LogP contribution in [0.5, 0.6) is 0 Å². The van der Waals surface area contributed by atoms with Crippen LogP contribution in [0.3, 0.4) is 0 Å². The van der Waals surface area contributed by atoms with Crippen LogP contribution in [0.15, 0.2) is 24.4 Å². The summed E-state index contributed by atoms with van der Waals surface area (Å²) in [4.78, 5) is 19.6. The van der Waals surface area contributed by atoms with Crippen molar-refractivity contribution in [2.75, 3.05) is 0 Å². The second kappa shape index (κ2) is 2.51. The summed E-state index contributed by atoms with van der Waals surface area (Å²) in [7, 11) is 0. The van der Waals surface area contributed by atoms with Gasteiger partial charge in [-0.15, -0.1) is 0 Å². The maximum Gasteiger partial charge on any atom is 0.340 e. The zero-order valence-electron chi connectivity index (χ0n) is 7.23. The van der Waals surface area contributed by atoms with Gasteiger partial charge in [0.05, 0.1) is 11.3 Å². The Kier molecular flexibility index (Phi) is 1.33. The fourth-order valence-corrected chi connectivity index (χ4v) is 1.54. The van der Waals surface area contributed by atoms with Gasteiger partial charge in [0.2, 0.25) is 0 Å². The number of hydrogen-bond donors (Lipinski definition) is 0. The Labute approximate surface area is 79.6 Å². The van der Waals surface area contributed by atoms with Crippen LogP contribution in [-0.2, 0) is 11.3 Å². The monoisotopic (exact) mass is 186 g/mol. The molecular formula is C10H6N2O2. The molecule has 0 saturated carbocycles. The van der Waals surface area contributed by atoms with Gasteiger partial charge in [-0.25, -0.2) is 14.8 Å². The average molecular weight is 186 g/mol. The smallest absolute Gasteiger partial charge is 0.340 e. The van der Waals surface area contributed by atoms with Crippen LogP contribution in [-0.4, -0.2) is 15.9 Å². The molecule has 0 fully saturated rings. The molecule has 3 heterocycles. The second-order valence-electron chi connectivity index (χ2n) is 3.11. The number of esters is 1. The molecule has 0 spiro atoms. The van der Waals surface area contributed by atoms with Gasteiger partial charge in [0.1, 0.15) is 6.61 Å². The lowest BCUT2D eigenvalue weighted by Gasteiger charge is -1.97. The topological polar surface area (TPSA) is 52.1 Å². The lowest BCUT2D eigenvalue weighted by atomic mass is 10.2. The highest BCUT2D eigenvalue weighted by Crippen LogP contribution is 2.21. The number of hydrogen-bond acceptors (Lipinski definition) is 4. The molecule has 0 atom stereocenters. The Balaban J connectivity index is 2.38. The summed E-state index contributed by atoms with van der Waals surface area (Å²) in [5.41, 5.74) is 1.90. The number of fused-ring (bicyclic) bond motifs is 2. The Morgan fingerprint density at radius 3 is 3.29 bits per heavy atom. The minimum absolute atomic E-state index is 0.265. The highest BCUT2D eigenvalue weighted by Gasteiger charge is 2.22. The minimum atomic E-state index is -0.293. The summed E-state index contributed by atoms with van der Waals surface area (Å²) in [6.45, 7) is 0.265. The van der Waals surface area contributed by atoms with E-state index in [4.69, 9.17) is 4.74 Å². The predicted octanol–water partition coefficient (Wildman–Crippen LogP) is 1.30. The normalized spacial score (nSPS) is 14.1. The molecule has 68 valence electrons. The van der Waals surface area contributed by atoms with Gasteiger partial charge in [-0.1, -0.05) is 0 Å². The fraction of sp³-hybridized carbons (Fsp3) is 0.100. The molecule has 0 bridgehead atoms. The second-order valence-corrected chi connectivity index (χ2v) is 3.11. The molecule has 0 amide bonds. The van der Waals surface area contributed by atoms with Crippen LogP contribution in [0, 0.1) is 0 Å². The van der Waals surface area contributed by atoms with E-state index in [2.05, 4.69) is 9.97 Å². The van der Waals surface area contributed by atoms with Crippen molar-refractivity contribution < 1.29 is 9.53 Å². The van der Waals surface area contributed by atoms with Gasteiger partial charge in [0.15, 0.2) is 5.65 Å². The number of carbonyl (C=O) groups excluding carboxylic acids is 1. The Hall–Kier alpha value is -1.97. The number of nitrogens with zero attached hydrogens (tertiary/aromatic N) is 2. The Bertz CT molecular complexity index is 537. The maximum absolute atomic E-state index is 11.2. The molecule has 4 heteroatoms. The third-order valence-electron chi connectivity index (χ3n) is 2.23. The number of pyridine rings is 2. The van der Waals surface area contributed by atoms with Crippen molar-refractivity contribution in [3.8, 4) is 0 Å². The first-order valence-electron chi connectivity index (χ1n) is 4.26. The number of rotatable bonds is 0. The lowest BCUT2D eigenvalue weighted by molar-refractivity contribution is 0.0533. The van der Waals surface area contributed by atoms with Crippen LogP contribution in [0.1, 0.15) is 16.1 Å². The van der Waals surface area contributed by atoms with E-state index in [1.165, 1.54) is 0 Å². The van der Waals surface area contributed by atoms with Gasteiger partial charge in [0.25, 0.3) is 0 Å². The first-order chi connectivity index (χ1) is 6.84. The molecule has 1 aliphatic heterocycles. The maximum atomic E-state index is 11.2. The third kappa shape index (κ3) is 0.907. The van der Waals surface area contributed by atoms with Crippen molar-refractivity contribution in [1.29, 1.82) is 0 Å². The Morgan fingerprint density at radius 1 is 1.43 bits per heavy atom. The predicted molar refractivity (Wildman–Crippen MR) is 48.7 cm³/mol. The highest BCUT2D eigenvalue weighted by molar-refractivity contribution is 5.96. The van der Waals surface area contributed by atoms with Gasteiger partial charge in [0, 0.05) is 11.6 Å². The first-order valence-corrected chi connectivity index (χ1v) is 4.26. The molecule has 0 aliphatic carbocycles. The summed E-state index contributed by atoms with van der Waals surface area (Å²) >= 11 is 0. The number of ether oxygens (including phenoxy) is 1. The fourth-order valence-electron chi connectivity index (χ4n) is 1.54. The molecule has 0 saturated heterocycles. The molecule has 14 heavy (non-hydrogen) atoms. The third-order valence-corrected chi connectivity index (χ3v) is 2.23. The average Bonchev–Trinajstić information content (AvgIpc) is 2.57. The molecule has 0 N–H and O–H groups in total. The molecule has 0 aromatic carbocycles. The van der Waals surface area contributed by atoms with E-state index in [-0.39, 0.29) is 12.6 Å². The van der Waals surface area contributed by atoms with Gasteiger partial charge < -0.3 is 4.74 Å². The number of carbonyl (C=O) groups is 1. The van der Waals surface area contributed by atoms with E-state index in [1.54, 1.807) is 12.3 Å². The molecule has 2 aromatic rings. The zero-order valence-corrected chi connectivity index (χ0v) is 7.23. The number of aromatic nitrogens is 2. The van der Waals surface area contributed by atoms with Crippen molar-refractivity contribution in [3.05, 3.63) is 35.7 Å². The summed E-state index contributed by atoms with van der Waals surface area (Å²) in [5.74, 6) is -0.293. The van der Waals surface area contributed by atoms with E-state index < -0.39 is 0 Å². The standard InChI is InChI=1S/C10H6N2O2/c13-10-7-4-6-2-1-3-11-9(6)12-8(7)5-14-10/h1-4H,5H2. The molecule has 1 aliphatic rings. The largest absolute Gasteiger partial charge is 0.455 e. The van der Waals surface area contributed by atoms with E-state index >= 15 is 0 Å². The van der Waals surface area contributed by atoms with Gasteiger partial charge in [-0.3, -0.25) is 0 Å². The van der Waals surface area contributed by atoms with Crippen LogP contribution < -0.4 is 0 Å². The van der Waals surface area contributed by atoms with Crippen molar-refractivity contribution >= 4 is 17.0 Å². The van der Waals surface area contributed by atoms with Crippen LogP contribution in [0.25, 0.3) is 11.0 Å². The molecule has 2 aromatic heterocycles. The van der Waals surface area contributed by atoms with Gasteiger partial charge in [-0.05, 0) is 18.2 Å². The van der Waals surface area contributed by atoms with Crippen LogP contribution in [0.4, 0.5) is 0 Å². The number of cyclic esters (lactones) is 1. The molecule has 0 radical (unpaired) electrons. The van der Waals surface area contributed by atoms with Gasteiger partial charge in [-0.2, -0.15) is 0 Å². The van der Waals surface area contributed by atoms with E-state index in [0.29, 0.717) is 16.9 Å². The molecule has 4 nitrogen and oxygen atoms in total. The Morgan fingerprint density at radius 2 is 2.36 bits per heavy atom. The highest BCUT2D eigenvalue weighted by atomic mass is 16.5. The minimum Gasteiger partial charge on any atom is -0.455 e. The van der Waals surface area contributed by atoms with Crippen LogP contribution in [0.2, 0.25) is 0 Å². The van der Waals surface area contributed by atoms with Crippen molar-refractivity contribution in [1.82, 2.24) is 9.97 Å². The quantitative estimate of drug-likeness (QED) is 0.582. The lowest BCUT2D eigenvalue weighted by Crippen LogP contribution is -1.95. The molecule has 0 unspecified atom stereocenters. The summed E-state index contributed by atoms with van der Waals surface area (Å²) in [5, 5.41) is 0.866. The van der Waals surface area contributed by atoms with Crippen molar-refractivity contribution in [2.45, 2.75) is 6.61 Å². The van der Waals surface area contributed by atoms with Crippen molar-refractivity contribution in [3.63, 3.8) is 0 Å². The van der Waals surface area contributed by atoms with Crippen LogP contribution >= 0.6 is 0 Å². The van der Waals surface area contributed by atoms with Crippen molar-refractivity contribution in [2.24, 2.45) is 0 Å². The molecule has 3 rings (SSSR count). The van der Waals surface area contributed by atoms with Gasteiger partial charge >= 0.3 is 5.97 Å². The zero-order chi connectivity index (χ0) is 9.54. The van der Waals surface area contributed by atoms with E-state index in [1.807, 2.05) is 12.1 Å². The summed E-state index contributed by atoms with van der Waals surface area (Å²) in [6.07, 6.45) is 1.68.